The molecule has 4 nitrogen and oxygen atoms in total. The maximum atomic E-state index is 12.0. The Kier molecular flexibility index (Phi) is 4.48. The number of benzene rings is 1. The van der Waals surface area contributed by atoms with E-state index in [0.29, 0.717) is 5.56 Å². The molecule has 2 aromatic rings. The van der Waals surface area contributed by atoms with Crippen molar-refractivity contribution in [2.75, 3.05) is 6.54 Å². The van der Waals surface area contributed by atoms with Crippen molar-refractivity contribution in [3.63, 3.8) is 0 Å². The summed E-state index contributed by atoms with van der Waals surface area (Å²) in [6, 6.07) is 11.3. The molecular formula is C17H22N2O2. The predicted octanol–water partition coefficient (Wildman–Crippen LogP) is 2.61. The molecule has 0 fully saturated rings. The quantitative estimate of drug-likeness (QED) is 0.907. The molecule has 112 valence electrons. The van der Waals surface area contributed by atoms with Gasteiger partial charge in [0.1, 0.15) is 0 Å². The number of aliphatic hydroxyl groups is 1. The van der Waals surface area contributed by atoms with Crippen LogP contribution in [0.25, 0.3) is 5.69 Å². The Morgan fingerprint density at radius 3 is 2.29 bits per heavy atom. The fourth-order valence-electron chi connectivity index (χ4n) is 1.89. The highest BCUT2D eigenvalue weighted by atomic mass is 16.3. The van der Waals surface area contributed by atoms with E-state index < -0.39 is 6.10 Å². The van der Waals surface area contributed by atoms with Gasteiger partial charge in [0.15, 0.2) is 0 Å². The molecule has 1 aromatic carbocycles. The van der Waals surface area contributed by atoms with Crippen LogP contribution in [0.15, 0.2) is 48.8 Å². The van der Waals surface area contributed by atoms with E-state index in [2.05, 4.69) is 5.32 Å². The maximum absolute atomic E-state index is 12.0. The van der Waals surface area contributed by atoms with Gasteiger partial charge in [-0.25, -0.2) is 0 Å². The number of aliphatic hydroxyl groups excluding tert-OH is 1. The van der Waals surface area contributed by atoms with Crippen LogP contribution >= 0.6 is 0 Å². The summed E-state index contributed by atoms with van der Waals surface area (Å²) in [6.07, 6.45) is 3.34. The van der Waals surface area contributed by atoms with Crippen molar-refractivity contribution in [2.24, 2.45) is 5.41 Å². The van der Waals surface area contributed by atoms with Crippen LogP contribution in [0, 0.1) is 5.41 Å². The number of hydrogen-bond acceptors (Lipinski definition) is 2. The molecule has 1 heterocycles. The monoisotopic (exact) mass is 286 g/mol. The van der Waals surface area contributed by atoms with Crippen LogP contribution in [0.4, 0.5) is 0 Å². The van der Waals surface area contributed by atoms with Crippen LogP contribution in [-0.4, -0.2) is 28.2 Å². The molecule has 0 aliphatic heterocycles. The number of amides is 1. The molecule has 0 spiro atoms. The van der Waals surface area contributed by atoms with E-state index >= 15 is 0 Å². The van der Waals surface area contributed by atoms with Crippen molar-refractivity contribution in [2.45, 2.75) is 26.9 Å². The van der Waals surface area contributed by atoms with E-state index in [1.165, 1.54) is 0 Å². The van der Waals surface area contributed by atoms with Crippen molar-refractivity contribution in [3.05, 3.63) is 54.4 Å². The smallest absolute Gasteiger partial charge is 0.251 e. The molecule has 21 heavy (non-hydrogen) atoms. The van der Waals surface area contributed by atoms with Gasteiger partial charge in [0, 0.05) is 30.2 Å². The van der Waals surface area contributed by atoms with Gasteiger partial charge >= 0.3 is 0 Å². The molecule has 4 heteroatoms. The summed E-state index contributed by atoms with van der Waals surface area (Å²) < 4.78 is 1.98. The Morgan fingerprint density at radius 1 is 1.19 bits per heavy atom. The molecule has 0 saturated heterocycles. The van der Waals surface area contributed by atoms with Crippen molar-refractivity contribution in [1.29, 1.82) is 0 Å². The summed E-state index contributed by atoms with van der Waals surface area (Å²) in [4.78, 5) is 12.0. The first-order valence-electron chi connectivity index (χ1n) is 7.07. The van der Waals surface area contributed by atoms with Gasteiger partial charge in [0.25, 0.3) is 5.91 Å². The van der Waals surface area contributed by atoms with E-state index in [-0.39, 0.29) is 17.9 Å². The van der Waals surface area contributed by atoms with Crippen LogP contribution in [0.2, 0.25) is 0 Å². The van der Waals surface area contributed by atoms with Gasteiger partial charge in [-0.1, -0.05) is 20.8 Å². The summed E-state index contributed by atoms with van der Waals surface area (Å²) in [5.74, 6) is -0.169. The lowest BCUT2D eigenvalue weighted by Crippen LogP contribution is -2.39. The van der Waals surface area contributed by atoms with Crippen molar-refractivity contribution < 1.29 is 9.90 Å². The fraction of sp³-hybridized carbons (Fsp3) is 0.353. The molecule has 2 N–H and O–H groups in total. The minimum Gasteiger partial charge on any atom is -0.391 e. The zero-order valence-electron chi connectivity index (χ0n) is 12.7. The summed E-state index contributed by atoms with van der Waals surface area (Å²) in [5.41, 5.74) is 1.35. The second-order valence-corrected chi connectivity index (χ2v) is 6.23. The topological polar surface area (TPSA) is 54.3 Å². The van der Waals surface area contributed by atoms with Crippen LogP contribution in [0.3, 0.4) is 0 Å². The van der Waals surface area contributed by atoms with Crippen LogP contribution in [0.5, 0.6) is 0 Å². The fourth-order valence-corrected chi connectivity index (χ4v) is 1.89. The molecule has 0 saturated carbocycles. The zero-order chi connectivity index (χ0) is 15.5. The Balaban J connectivity index is 1.97. The lowest BCUT2D eigenvalue weighted by molar-refractivity contribution is 0.0587. The van der Waals surface area contributed by atoms with Crippen molar-refractivity contribution >= 4 is 5.91 Å². The minimum atomic E-state index is -0.569. The molecular weight excluding hydrogens is 264 g/mol. The largest absolute Gasteiger partial charge is 0.391 e. The first kappa shape index (κ1) is 15.3. The molecule has 1 atom stereocenters. The number of carbonyl (C=O) groups is 1. The average Bonchev–Trinajstić information content (AvgIpc) is 2.97. The van der Waals surface area contributed by atoms with E-state index in [9.17, 15) is 9.90 Å². The van der Waals surface area contributed by atoms with Crippen LogP contribution in [-0.2, 0) is 0 Å². The number of carbonyl (C=O) groups excluding carboxylic acids is 1. The predicted molar refractivity (Wildman–Crippen MR) is 83.6 cm³/mol. The van der Waals surface area contributed by atoms with Crippen LogP contribution < -0.4 is 5.32 Å². The lowest BCUT2D eigenvalue weighted by atomic mass is 9.89. The third kappa shape index (κ3) is 3.95. The van der Waals surface area contributed by atoms with Crippen molar-refractivity contribution in [1.82, 2.24) is 9.88 Å². The molecule has 2 rings (SSSR count). The summed E-state index contributed by atoms with van der Waals surface area (Å²) in [7, 11) is 0. The molecule has 1 unspecified atom stereocenters. The first-order chi connectivity index (χ1) is 9.88. The van der Waals surface area contributed by atoms with Gasteiger partial charge < -0.3 is 15.0 Å². The molecule has 0 radical (unpaired) electrons. The Bertz CT molecular complexity index is 580. The van der Waals surface area contributed by atoms with Crippen molar-refractivity contribution in [3.8, 4) is 5.69 Å². The molecule has 0 aliphatic carbocycles. The summed E-state index contributed by atoms with van der Waals surface area (Å²) in [5, 5.41) is 12.7. The third-order valence-corrected chi connectivity index (χ3v) is 3.49. The van der Waals surface area contributed by atoms with Gasteiger partial charge in [0.2, 0.25) is 0 Å². The number of nitrogens with one attached hydrogen (secondary N) is 1. The second-order valence-electron chi connectivity index (χ2n) is 6.23. The normalized spacial score (nSPS) is 13.0. The van der Waals surface area contributed by atoms with Crippen LogP contribution in [0.1, 0.15) is 31.1 Å². The highest BCUT2D eigenvalue weighted by Crippen LogP contribution is 2.18. The SMILES string of the molecule is CC(C)(C)C(O)CNC(=O)c1ccc(-n2cccc2)cc1. The minimum absolute atomic E-state index is 0.169. The third-order valence-electron chi connectivity index (χ3n) is 3.49. The van der Waals surface area contributed by atoms with E-state index in [1.54, 1.807) is 12.1 Å². The number of nitrogens with zero attached hydrogens (tertiary/aromatic N) is 1. The highest BCUT2D eigenvalue weighted by molar-refractivity contribution is 5.94. The summed E-state index contributed by atoms with van der Waals surface area (Å²) in [6.45, 7) is 6.07. The van der Waals surface area contributed by atoms with E-state index in [1.807, 2.05) is 62.0 Å². The second kappa shape index (κ2) is 6.14. The van der Waals surface area contributed by atoms with E-state index in [4.69, 9.17) is 0 Å². The first-order valence-corrected chi connectivity index (χ1v) is 7.07. The molecule has 1 amide bonds. The Morgan fingerprint density at radius 2 is 1.76 bits per heavy atom. The Hall–Kier alpha value is -2.07. The van der Waals surface area contributed by atoms with Gasteiger partial charge in [-0.2, -0.15) is 0 Å². The standard InChI is InChI=1S/C17H22N2O2/c1-17(2,3)15(20)12-18-16(21)13-6-8-14(9-7-13)19-10-4-5-11-19/h4-11,15,20H,12H2,1-3H3,(H,18,21). The Labute approximate surface area is 125 Å². The van der Waals surface area contributed by atoms with Gasteiger partial charge in [-0.15, -0.1) is 0 Å². The molecule has 0 bridgehead atoms. The lowest BCUT2D eigenvalue weighted by Gasteiger charge is -2.25. The van der Waals surface area contributed by atoms with Gasteiger partial charge in [-0.05, 0) is 41.8 Å². The van der Waals surface area contributed by atoms with Gasteiger partial charge in [-0.3, -0.25) is 4.79 Å². The molecule has 0 aliphatic rings. The average molecular weight is 286 g/mol. The van der Waals surface area contributed by atoms with Gasteiger partial charge in [0.05, 0.1) is 6.10 Å². The number of hydrogen-bond donors (Lipinski definition) is 2. The summed E-state index contributed by atoms with van der Waals surface area (Å²) >= 11 is 0. The number of aromatic nitrogens is 1. The highest BCUT2D eigenvalue weighted by Gasteiger charge is 2.22. The maximum Gasteiger partial charge on any atom is 0.251 e. The number of rotatable bonds is 4. The van der Waals surface area contributed by atoms with E-state index in [0.717, 1.165) is 5.69 Å². The zero-order valence-corrected chi connectivity index (χ0v) is 12.7. The molecule has 1 aromatic heterocycles.